The van der Waals surface area contributed by atoms with E-state index in [-0.39, 0.29) is 22.9 Å². The molecule has 1 aliphatic carbocycles. The maximum Gasteiger partial charge on any atom is 0.306 e. The fraction of sp³-hybridized carbons (Fsp3) is 0.933. The van der Waals surface area contributed by atoms with Crippen LogP contribution in [-0.2, 0) is 9.53 Å². The van der Waals surface area contributed by atoms with Crippen molar-refractivity contribution >= 4 is 5.97 Å². The van der Waals surface area contributed by atoms with E-state index in [9.17, 15) is 4.79 Å². The summed E-state index contributed by atoms with van der Waals surface area (Å²) in [5.41, 5.74) is 0.273. The zero-order chi connectivity index (χ0) is 13.4. The van der Waals surface area contributed by atoms with Crippen LogP contribution in [0.2, 0.25) is 0 Å². The molecule has 0 aromatic heterocycles. The van der Waals surface area contributed by atoms with Crippen LogP contribution in [-0.4, -0.2) is 12.1 Å². The molecule has 2 atom stereocenters. The third-order valence-corrected chi connectivity index (χ3v) is 5.11. The summed E-state index contributed by atoms with van der Waals surface area (Å²) >= 11 is 0. The molecular formula is C15H28O2. The highest BCUT2D eigenvalue weighted by molar-refractivity contribution is 5.69. The molecule has 0 heterocycles. The predicted molar refractivity (Wildman–Crippen MR) is 70.7 cm³/mol. The summed E-state index contributed by atoms with van der Waals surface area (Å²) in [5, 5.41) is 0. The third-order valence-electron chi connectivity index (χ3n) is 5.11. The van der Waals surface area contributed by atoms with Gasteiger partial charge in [-0.3, -0.25) is 4.79 Å². The highest BCUT2D eigenvalue weighted by Gasteiger charge is 2.54. The van der Waals surface area contributed by atoms with Crippen LogP contribution in [0.25, 0.3) is 0 Å². The quantitative estimate of drug-likeness (QED) is 0.696. The van der Waals surface area contributed by atoms with E-state index in [1.807, 2.05) is 13.8 Å². The zero-order valence-corrected chi connectivity index (χ0v) is 12.5. The molecule has 2 nitrogen and oxygen atoms in total. The lowest BCUT2D eigenvalue weighted by Gasteiger charge is -2.40. The highest BCUT2D eigenvalue weighted by atomic mass is 16.5. The summed E-state index contributed by atoms with van der Waals surface area (Å²) in [4.78, 5) is 11.8. The van der Waals surface area contributed by atoms with Gasteiger partial charge in [0, 0.05) is 11.8 Å². The summed E-state index contributed by atoms with van der Waals surface area (Å²) in [6.45, 7) is 15.4. The van der Waals surface area contributed by atoms with Crippen LogP contribution >= 0.6 is 0 Å². The smallest absolute Gasteiger partial charge is 0.306 e. The Labute approximate surface area is 106 Å². The van der Waals surface area contributed by atoms with Crippen molar-refractivity contribution in [1.29, 1.82) is 0 Å². The molecule has 0 spiro atoms. The first-order valence-electron chi connectivity index (χ1n) is 6.78. The van der Waals surface area contributed by atoms with E-state index >= 15 is 0 Å². The minimum absolute atomic E-state index is 0.0389. The van der Waals surface area contributed by atoms with Crippen LogP contribution in [0.5, 0.6) is 0 Å². The third kappa shape index (κ3) is 2.66. The molecule has 2 unspecified atom stereocenters. The molecule has 0 aromatic rings. The van der Waals surface area contributed by atoms with E-state index in [0.29, 0.717) is 18.3 Å². The summed E-state index contributed by atoms with van der Waals surface area (Å²) in [6.07, 6.45) is 1.59. The van der Waals surface area contributed by atoms with Gasteiger partial charge in [-0.1, -0.05) is 48.5 Å². The average Bonchev–Trinajstić information content (AvgIpc) is 2.26. The normalized spacial score (nSPS) is 30.6. The minimum atomic E-state index is -0.0389. The number of rotatable bonds is 3. The SMILES string of the molecule is CC(C)CC(=O)OC1CC(C)C(C)(C)C1(C)C. The first kappa shape index (κ1) is 14.5. The van der Waals surface area contributed by atoms with Crippen molar-refractivity contribution in [2.75, 3.05) is 0 Å². The van der Waals surface area contributed by atoms with E-state index in [4.69, 9.17) is 4.74 Å². The molecule has 0 aromatic carbocycles. The summed E-state index contributed by atoms with van der Waals surface area (Å²) in [7, 11) is 0. The largest absolute Gasteiger partial charge is 0.462 e. The van der Waals surface area contributed by atoms with Gasteiger partial charge in [-0.15, -0.1) is 0 Å². The number of ether oxygens (including phenoxy) is 1. The number of esters is 1. The number of carbonyl (C=O) groups excluding carboxylic acids is 1. The zero-order valence-electron chi connectivity index (χ0n) is 12.5. The molecule has 1 saturated carbocycles. The Kier molecular flexibility index (Phi) is 3.95. The van der Waals surface area contributed by atoms with Gasteiger partial charge in [-0.25, -0.2) is 0 Å². The molecule has 0 aliphatic heterocycles. The summed E-state index contributed by atoms with van der Waals surface area (Å²) in [6, 6.07) is 0. The van der Waals surface area contributed by atoms with Crippen LogP contribution in [0.1, 0.15) is 61.3 Å². The molecule has 0 N–H and O–H groups in total. The predicted octanol–water partition coefficient (Wildman–Crippen LogP) is 4.04. The van der Waals surface area contributed by atoms with Gasteiger partial charge in [0.25, 0.3) is 0 Å². The Hall–Kier alpha value is -0.530. The molecule has 2 heteroatoms. The second kappa shape index (κ2) is 4.62. The van der Waals surface area contributed by atoms with Crippen LogP contribution < -0.4 is 0 Å². The van der Waals surface area contributed by atoms with Gasteiger partial charge in [-0.05, 0) is 23.7 Å². The van der Waals surface area contributed by atoms with Crippen molar-refractivity contribution in [2.45, 2.75) is 67.4 Å². The molecule has 0 radical (unpaired) electrons. The molecule has 100 valence electrons. The Balaban J connectivity index is 2.71. The Morgan fingerprint density at radius 3 is 2.12 bits per heavy atom. The summed E-state index contributed by atoms with van der Waals surface area (Å²) < 4.78 is 5.70. The lowest BCUT2D eigenvalue weighted by Crippen LogP contribution is -2.38. The van der Waals surface area contributed by atoms with Crippen molar-refractivity contribution in [3.8, 4) is 0 Å². The number of carbonyl (C=O) groups is 1. The minimum Gasteiger partial charge on any atom is -0.462 e. The van der Waals surface area contributed by atoms with Gasteiger partial charge in [-0.2, -0.15) is 0 Å². The maximum absolute atomic E-state index is 11.8. The van der Waals surface area contributed by atoms with Gasteiger partial charge >= 0.3 is 5.97 Å². The molecule has 1 fully saturated rings. The lowest BCUT2D eigenvalue weighted by atomic mass is 9.67. The standard InChI is InChI=1S/C15H28O2/c1-10(2)8-13(16)17-12-9-11(3)14(4,5)15(12,6)7/h10-12H,8-9H2,1-7H3. The van der Waals surface area contributed by atoms with E-state index in [2.05, 4.69) is 34.6 Å². The highest BCUT2D eigenvalue weighted by Crippen LogP contribution is 2.56. The second-order valence-corrected chi connectivity index (χ2v) is 7.16. The molecule has 17 heavy (non-hydrogen) atoms. The molecule has 0 saturated heterocycles. The molecule has 1 rings (SSSR count). The van der Waals surface area contributed by atoms with Crippen molar-refractivity contribution in [3.05, 3.63) is 0 Å². The lowest BCUT2D eigenvalue weighted by molar-refractivity contribution is -0.156. The van der Waals surface area contributed by atoms with Gasteiger partial charge in [0.05, 0.1) is 0 Å². The molecule has 1 aliphatic rings. The molecule has 0 bridgehead atoms. The Morgan fingerprint density at radius 2 is 1.76 bits per heavy atom. The van der Waals surface area contributed by atoms with E-state index in [1.54, 1.807) is 0 Å². The van der Waals surface area contributed by atoms with E-state index in [0.717, 1.165) is 6.42 Å². The van der Waals surface area contributed by atoms with Crippen molar-refractivity contribution < 1.29 is 9.53 Å². The van der Waals surface area contributed by atoms with Crippen LogP contribution in [0.3, 0.4) is 0 Å². The van der Waals surface area contributed by atoms with Gasteiger partial charge < -0.3 is 4.74 Å². The van der Waals surface area contributed by atoms with Crippen molar-refractivity contribution in [2.24, 2.45) is 22.7 Å². The number of hydrogen-bond donors (Lipinski definition) is 0. The molecule has 0 amide bonds. The fourth-order valence-corrected chi connectivity index (χ4v) is 2.70. The Morgan fingerprint density at radius 1 is 1.24 bits per heavy atom. The van der Waals surface area contributed by atoms with Gasteiger partial charge in [0.1, 0.15) is 6.10 Å². The molecular weight excluding hydrogens is 212 g/mol. The van der Waals surface area contributed by atoms with Crippen molar-refractivity contribution in [1.82, 2.24) is 0 Å². The fourth-order valence-electron chi connectivity index (χ4n) is 2.70. The van der Waals surface area contributed by atoms with Crippen LogP contribution in [0, 0.1) is 22.7 Å². The average molecular weight is 240 g/mol. The van der Waals surface area contributed by atoms with Gasteiger partial charge in [0.15, 0.2) is 0 Å². The topological polar surface area (TPSA) is 26.3 Å². The first-order valence-corrected chi connectivity index (χ1v) is 6.78. The maximum atomic E-state index is 11.8. The monoisotopic (exact) mass is 240 g/mol. The van der Waals surface area contributed by atoms with Crippen molar-refractivity contribution in [3.63, 3.8) is 0 Å². The number of hydrogen-bond acceptors (Lipinski definition) is 2. The van der Waals surface area contributed by atoms with Crippen LogP contribution in [0.15, 0.2) is 0 Å². The van der Waals surface area contributed by atoms with E-state index in [1.165, 1.54) is 0 Å². The van der Waals surface area contributed by atoms with E-state index < -0.39 is 0 Å². The second-order valence-electron chi connectivity index (χ2n) is 7.16. The summed E-state index contributed by atoms with van der Waals surface area (Å²) in [5.74, 6) is 0.926. The van der Waals surface area contributed by atoms with Crippen LogP contribution in [0.4, 0.5) is 0 Å². The first-order chi connectivity index (χ1) is 7.59. The Bertz CT molecular complexity index is 289. The van der Waals surface area contributed by atoms with Gasteiger partial charge in [0.2, 0.25) is 0 Å².